The summed E-state index contributed by atoms with van der Waals surface area (Å²) in [6, 6.07) is 11.6. The summed E-state index contributed by atoms with van der Waals surface area (Å²) in [7, 11) is -3.84. The number of ether oxygens (including phenoxy) is 1. The molecule has 2 unspecified atom stereocenters. The fraction of sp³-hybridized carbons (Fsp3) is 0.364. The largest absolute Gasteiger partial charge is 0.479 e. The number of piperidine rings is 1. The summed E-state index contributed by atoms with van der Waals surface area (Å²) in [5.74, 6) is -0.570. The zero-order valence-electron chi connectivity index (χ0n) is 17.5. The van der Waals surface area contributed by atoms with Gasteiger partial charge in [0.05, 0.1) is 16.5 Å². The maximum atomic E-state index is 13.2. The molecule has 4 rings (SSSR count). The van der Waals surface area contributed by atoms with E-state index in [0.717, 1.165) is 5.56 Å². The summed E-state index contributed by atoms with van der Waals surface area (Å²) < 4.78 is 33.3. The van der Waals surface area contributed by atoms with Gasteiger partial charge >= 0.3 is 0 Å². The van der Waals surface area contributed by atoms with Gasteiger partial charge in [-0.05, 0) is 49.6 Å². The fourth-order valence-corrected chi connectivity index (χ4v) is 5.59. The van der Waals surface area contributed by atoms with E-state index in [1.807, 2.05) is 18.2 Å². The van der Waals surface area contributed by atoms with Gasteiger partial charge in [-0.1, -0.05) is 29.8 Å². The highest BCUT2D eigenvalue weighted by atomic mass is 35.5. The predicted octanol–water partition coefficient (Wildman–Crippen LogP) is 2.78. The highest BCUT2D eigenvalue weighted by Gasteiger charge is 2.34. The number of hydrogen-bond donors (Lipinski definition) is 2. The summed E-state index contributed by atoms with van der Waals surface area (Å²) >= 11 is 6.14. The Balaban J connectivity index is 1.45. The first-order valence-corrected chi connectivity index (χ1v) is 12.2. The average molecular weight is 478 g/mol. The summed E-state index contributed by atoms with van der Waals surface area (Å²) in [5, 5.41) is 6.10. The van der Waals surface area contributed by atoms with E-state index in [1.165, 1.54) is 22.5 Å². The normalized spacial score (nSPS) is 21.2. The molecule has 32 heavy (non-hydrogen) atoms. The van der Waals surface area contributed by atoms with Gasteiger partial charge in [-0.25, -0.2) is 8.42 Å². The third-order valence-corrected chi connectivity index (χ3v) is 7.92. The number of benzene rings is 2. The van der Waals surface area contributed by atoms with E-state index in [2.05, 4.69) is 10.6 Å². The minimum Gasteiger partial charge on any atom is -0.479 e. The maximum Gasteiger partial charge on any atom is 0.265 e. The molecule has 0 bridgehead atoms. The minimum atomic E-state index is -3.84. The van der Waals surface area contributed by atoms with Crippen molar-refractivity contribution in [2.45, 2.75) is 37.3 Å². The third-order valence-electron chi connectivity index (χ3n) is 5.69. The Morgan fingerprint density at radius 2 is 2.06 bits per heavy atom. The van der Waals surface area contributed by atoms with Crippen LogP contribution < -0.4 is 15.4 Å². The number of fused-ring (bicyclic) bond motifs is 1. The number of rotatable bonds is 5. The van der Waals surface area contributed by atoms with Gasteiger partial charge in [-0.2, -0.15) is 4.31 Å². The van der Waals surface area contributed by atoms with E-state index in [-0.39, 0.29) is 29.8 Å². The zero-order valence-corrected chi connectivity index (χ0v) is 19.1. The van der Waals surface area contributed by atoms with Crippen LogP contribution >= 0.6 is 11.6 Å². The van der Waals surface area contributed by atoms with Gasteiger partial charge in [0.2, 0.25) is 15.9 Å². The number of amides is 2. The smallest absolute Gasteiger partial charge is 0.265 e. The number of carbonyl (C=O) groups excluding carboxylic acids is 2. The Bertz CT molecular complexity index is 1150. The molecular weight excluding hydrogens is 454 g/mol. The van der Waals surface area contributed by atoms with Crippen molar-refractivity contribution in [1.82, 2.24) is 9.62 Å². The number of carbonyl (C=O) groups is 2. The molecule has 170 valence electrons. The lowest BCUT2D eigenvalue weighted by Crippen LogP contribution is -2.45. The lowest BCUT2D eigenvalue weighted by atomic mass is 9.99. The second kappa shape index (κ2) is 9.09. The Kier molecular flexibility index (Phi) is 6.41. The van der Waals surface area contributed by atoms with Crippen molar-refractivity contribution in [3.63, 3.8) is 0 Å². The summed E-state index contributed by atoms with van der Waals surface area (Å²) in [6.45, 7) is 2.32. The van der Waals surface area contributed by atoms with Gasteiger partial charge in [0.15, 0.2) is 6.10 Å². The van der Waals surface area contributed by atoms with Gasteiger partial charge in [-0.3, -0.25) is 9.59 Å². The second-order valence-corrected chi connectivity index (χ2v) is 10.3. The molecule has 2 N–H and O–H groups in total. The molecule has 8 nitrogen and oxygen atoms in total. The van der Waals surface area contributed by atoms with Crippen LogP contribution in [0.2, 0.25) is 5.02 Å². The van der Waals surface area contributed by atoms with Crippen molar-refractivity contribution >= 4 is 39.1 Å². The van der Waals surface area contributed by atoms with Crippen molar-refractivity contribution in [2.75, 3.05) is 18.4 Å². The minimum absolute atomic E-state index is 0.0480. The lowest BCUT2D eigenvalue weighted by Gasteiger charge is -2.31. The van der Waals surface area contributed by atoms with Crippen LogP contribution in [0.3, 0.4) is 0 Å². The van der Waals surface area contributed by atoms with E-state index >= 15 is 0 Å². The molecule has 2 aromatic carbocycles. The first-order valence-electron chi connectivity index (χ1n) is 10.4. The Labute approximate surface area is 191 Å². The van der Waals surface area contributed by atoms with Gasteiger partial charge in [0.1, 0.15) is 5.75 Å². The van der Waals surface area contributed by atoms with Crippen LogP contribution in [0, 0.1) is 5.92 Å². The topological polar surface area (TPSA) is 105 Å². The molecule has 2 aliphatic heterocycles. The number of nitrogens with zero attached hydrogens (tertiary/aromatic N) is 1. The fourth-order valence-electron chi connectivity index (χ4n) is 3.84. The monoisotopic (exact) mass is 477 g/mol. The number of anilines is 1. The molecule has 2 amide bonds. The summed E-state index contributed by atoms with van der Waals surface area (Å²) in [6.07, 6.45) is 0.537. The van der Waals surface area contributed by atoms with Crippen molar-refractivity contribution in [3.8, 4) is 5.75 Å². The highest BCUT2D eigenvalue weighted by molar-refractivity contribution is 7.89. The SMILES string of the molecule is CC1Oc2ccc(S(=O)(=O)N3CCCC(C(=O)NCc4ccccc4Cl)C3)cc2NC1=O. The van der Waals surface area contributed by atoms with Crippen LogP contribution in [-0.2, 0) is 26.2 Å². The van der Waals surface area contributed by atoms with E-state index in [4.69, 9.17) is 16.3 Å². The van der Waals surface area contributed by atoms with Crippen LogP contribution in [0.5, 0.6) is 5.75 Å². The summed E-state index contributed by atoms with van der Waals surface area (Å²) in [4.78, 5) is 24.6. The molecule has 0 spiro atoms. The highest BCUT2D eigenvalue weighted by Crippen LogP contribution is 2.33. The molecule has 1 saturated heterocycles. The van der Waals surface area contributed by atoms with Gasteiger partial charge in [0, 0.05) is 24.7 Å². The molecule has 2 aromatic rings. The lowest BCUT2D eigenvalue weighted by molar-refractivity contribution is -0.126. The van der Waals surface area contributed by atoms with Gasteiger partial charge in [0.25, 0.3) is 5.91 Å². The molecule has 0 aromatic heterocycles. The first-order chi connectivity index (χ1) is 15.3. The van der Waals surface area contributed by atoms with Crippen LogP contribution in [0.15, 0.2) is 47.4 Å². The molecule has 2 heterocycles. The Hall–Kier alpha value is -2.62. The van der Waals surface area contributed by atoms with E-state index in [9.17, 15) is 18.0 Å². The number of halogens is 1. The van der Waals surface area contributed by atoms with Crippen molar-refractivity contribution in [3.05, 3.63) is 53.1 Å². The zero-order chi connectivity index (χ0) is 22.9. The molecule has 2 aliphatic rings. The number of hydrogen-bond acceptors (Lipinski definition) is 5. The van der Waals surface area contributed by atoms with Crippen LogP contribution in [0.1, 0.15) is 25.3 Å². The van der Waals surface area contributed by atoms with Gasteiger partial charge in [-0.15, -0.1) is 0 Å². The van der Waals surface area contributed by atoms with E-state index < -0.39 is 22.0 Å². The quantitative estimate of drug-likeness (QED) is 0.689. The number of nitrogens with one attached hydrogen (secondary N) is 2. The van der Waals surface area contributed by atoms with E-state index in [1.54, 1.807) is 13.0 Å². The molecule has 1 fully saturated rings. The summed E-state index contributed by atoms with van der Waals surface area (Å²) in [5.41, 5.74) is 1.12. The average Bonchev–Trinajstić information content (AvgIpc) is 2.79. The van der Waals surface area contributed by atoms with Gasteiger partial charge < -0.3 is 15.4 Å². The first kappa shape index (κ1) is 22.6. The molecule has 2 atom stereocenters. The van der Waals surface area contributed by atoms with Crippen LogP contribution in [0.25, 0.3) is 0 Å². The van der Waals surface area contributed by atoms with Crippen molar-refractivity contribution < 1.29 is 22.7 Å². The second-order valence-electron chi connectivity index (χ2n) is 7.92. The molecular formula is C22H24ClN3O5S. The van der Waals surface area contributed by atoms with E-state index in [0.29, 0.717) is 35.8 Å². The Morgan fingerprint density at radius 1 is 1.28 bits per heavy atom. The molecule has 0 radical (unpaired) electrons. The maximum absolute atomic E-state index is 13.2. The number of sulfonamides is 1. The third kappa shape index (κ3) is 4.60. The molecule has 0 saturated carbocycles. The predicted molar refractivity (Wildman–Crippen MR) is 120 cm³/mol. The van der Waals surface area contributed by atoms with Crippen molar-refractivity contribution in [1.29, 1.82) is 0 Å². The molecule has 10 heteroatoms. The van der Waals surface area contributed by atoms with Crippen LogP contribution in [0.4, 0.5) is 5.69 Å². The van der Waals surface area contributed by atoms with Crippen LogP contribution in [-0.4, -0.2) is 43.7 Å². The van der Waals surface area contributed by atoms with Crippen molar-refractivity contribution in [2.24, 2.45) is 5.92 Å². The Morgan fingerprint density at radius 3 is 2.84 bits per heavy atom. The standard InChI is InChI=1S/C22H24ClN3O5S/c1-14-21(27)25-19-11-17(8-9-20(19)31-14)32(29,30)26-10-4-6-16(13-26)22(28)24-12-15-5-2-3-7-18(15)23/h2-3,5,7-9,11,14,16H,4,6,10,12-13H2,1H3,(H,24,28)(H,25,27). The molecule has 0 aliphatic carbocycles.